The predicted molar refractivity (Wildman–Crippen MR) is 104 cm³/mol. The van der Waals surface area contributed by atoms with Crippen LogP contribution >= 0.6 is 0 Å². The first-order chi connectivity index (χ1) is 14.0. The number of likely N-dealkylation sites (N-methyl/N-ethyl adjacent to an activating group) is 1. The van der Waals surface area contributed by atoms with Crippen LogP contribution in [0.15, 0.2) is 18.2 Å². The number of rotatable bonds is 7. The molecule has 0 N–H and O–H groups in total. The first-order valence-corrected chi connectivity index (χ1v) is 10.1. The van der Waals surface area contributed by atoms with Gasteiger partial charge >= 0.3 is 12.1 Å². The summed E-state index contributed by atoms with van der Waals surface area (Å²) in [6.45, 7) is 7.21. The van der Waals surface area contributed by atoms with Crippen LogP contribution in [0.4, 0.5) is 4.79 Å². The number of amides is 1. The molecule has 0 spiro atoms. The van der Waals surface area contributed by atoms with E-state index in [0.29, 0.717) is 44.8 Å². The van der Waals surface area contributed by atoms with Gasteiger partial charge in [-0.2, -0.15) is 0 Å². The molecule has 0 aliphatic carbocycles. The molecule has 29 heavy (non-hydrogen) atoms. The maximum atomic E-state index is 12.6. The number of hydrogen-bond acceptors (Lipinski definition) is 7. The van der Waals surface area contributed by atoms with Crippen molar-refractivity contribution in [3.05, 3.63) is 23.8 Å². The molecule has 1 fully saturated rings. The Morgan fingerprint density at radius 3 is 2.59 bits per heavy atom. The lowest BCUT2D eigenvalue weighted by Gasteiger charge is -2.29. The fraction of sp³-hybridized carbons (Fsp3) is 0.619. The van der Waals surface area contributed by atoms with E-state index in [1.807, 2.05) is 32.0 Å². The Labute approximate surface area is 171 Å². The lowest BCUT2D eigenvalue weighted by molar-refractivity contribution is -0.174. The largest absolute Gasteiger partial charge is 0.454 e. The number of fused-ring (bicyclic) bond motifs is 1. The Hall–Kier alpha value is -2.48. The standard InChI is InChI=1S/C21H29NO7/c1-4-22(14(2)11-16-5-6-18-19(12-16)27-13-26-18)21(24)29-15(3)28-20(23)17-7-9-25-10-8-17/h5-6,12,14-15,17H,4,7-11,13H2,1-3H3/t14-,15?/m0/s1. The van der Waals surface area contributed by atoms with Crippen LogP contribution in [0.3, 0.4) is 0 Å². The van der Waals surface area contributed by atoms with Gasteiger partial charge in [0.25, 0.3) is 0 Å². The van der Waals surface area contributed by atoms with Gasteiger partial charge < -0.3 is 28.6 Å². The third-order valence-corrected chi connectivity index (χ3v) is 5.18. The molecule has 8 heteroatoms. The van der Waals surface area contributed by atoms with E-state index < -0.39 is 12.4 Å². The van der Waals surface area contributed by atoms with Crippen molar-refractivity contribution in [2.75, 3.05) is 26.6 Å². The molecule has 1 aromatic carbocycles. The summed E-state index contributed by atoms with van der Waals surface area (Å²) in [4.78, 5) is 26.4. The third kappa shape index (κ3) is 5.53. The fourth-order valence-corrected chi connectivity index (χ4v) is 3.57. The molecule has 1 amide bonds. The van der Waals surface area contributed by atoms with E-state index in [4.69, 9.17) is 23.7 Å². The first kappa shape index (κ1) is 21.2. The molecule has 2 aliphatic heterocycles. The summed E-state index contributed by atoms with van der Waals surface area (Å²) in [5, 5.41) is 0. The number of esters is 1. The summed E-state index contributed by atoms with van der Waals surface area (Å²) in [6, 6.07) is 5.65. The van der Waals surface area contributed by atoms with Crippen molar-refractivity contribution >= 4 is 12.1 Å². The minimum atomic E-state index is -0.940. The van der Waals surface area contributed by atoms with E-state index in [0.717, 1.165) is 11.3 Å². The second-order valence-corrected chi connectivity index (χ2v) is 7.30. The van der Waals surface area contributed by atoms with Crippen LogP contribution in [0.25, 0.3) is 0 Å². The van der Waals surface area contributed by atoms with E-state index in [2.05, 4.69) is 0 Å². The van der Waals surface area contributed by atoms with Gasteiger partial charge in [-0.15, -0.1) is 0 Å². The number of carbonyl (C=O) groups excluding carboxylic acids is 2. The monoisotopic (exact) mass is 407 g/mol. The SMILES string of the molecule is CCN(C(=O)OC(C)OC(=O)C1CCOCC1)[C@@H](C)Cc1ccc2c(c1)OCO2. The average molecular weight is 407 g/mol. The maximum absolute atomic E-state index is 12.6. The van der Waals surface area contributed by atoms with E-state index in [9.17, 15) is 9.59 Å². The highest BCUT2D eigenvalue weighted by atomic mass is 16.7. The van der Waals surface area contributed by atoms with E-state index in [1.54, 1.807) is 11.8 Å². The summed E-state index contributed by atoms with van der Waals surface area (Å²) in [7, 11) is 0. The van der Waals surface area contributed by atoms with E-state index in [-0.39, 0.29) is 24.7 Å². The molecule has 1 aromatic rings. The highest BCUT2D eigenvalue weighted by Gasteiger charge is 2.27. The van der Waals surface area contributed by atoms with Crippen molar-refractivity contribution in [3.8, 4) is 11.5 Å². The Balaban J connectivity index is 1.51. The van der Waals surface area contributed by atoms with Crippen molar-refractivity contribution < 1.29 is 33.3 Å². The molecule has 0 saturated carbocycles. The van der Waals surface area contributed by atoms with Crippen LogP contribution in [-0.4, -0.2) is 55.8 Å². The Kier molecular flexibility index (Phi) is 7.19. The zero-order valence-corrected chi connectivity index (χ0v) is 17.2. The van der Waals surface area contributed by atoms with Crippen molar-refractivity contribution in [3.63, 3.8) is 0 Å². The first-order valence-electron chi connectivity index (χ1n) is 10.1. The molecular formula is C21H29NO7. The van der Waals surface area contributed by atoms with E-state index in [1.165, 1.54) is 0 Å². The van der Waals surface area contributed by atoms with E-state index >= 15 is 0 Å². The Bertz CT molecular complexity index is 717. The minimum Gasteiger partial charge on any atom is -0.454 e. The summed E-state index contributed by atoms with van der Waals surface area (Å²) >= 11 is 0. The van der Waals surface area contributed by atoms with Gasteiger partial charge in [0.2, 0.25) is 13.1 Å². The highest BCUT2D eigenvalue weighted by molar-refractivity contribution is 5.73. The van der Waals surface area contributed by atoms with Crippen molar-refractivity contribution in [2.24, 2.45) is 5.92 Å². The molecule has 3 rings (SSSR count). The average Bonchev–Trinajstić information content (AvgIpc) is 3.16. The number of benzene rings is 1. The van der Waals surface area contributed by atoms with Crippen molar-refractivity contribution in [2.45, 2.75) is 52.4 Å². The topological polar surface area (TPSA) is 83.5 Å². The molecular weight excluding hydrogens is 378 g/mol. The molecule has 0 bridgehead atoms. The zero-order chi connectivity index (χ0) is 20.8. The minimum absolute atomic E-state index is 0.105. The molecule has 2 atom stereocenters. The molecule has 160 valence electrons. The summed E-state index contributed by atoms with van der Waals surface area (Å²) in [6.07, 6.45) is 0.452. The quantitative estimate of drug-likeness (QED) is 0.507. The lowest BCUT2D eigenvalue weighted by Crippen LogP contribution is -2.42. The van der Waals surface area contributed by atoms with Crippen LogP contribution in [-0.2, 0) is 25.4 Å². The van der Waals surface area contributed by atoms with Gasteiger partial charge in [-0.05, 0) is 50.8 Å². The smallest absolute Gasteiger partial charge is 0.413 e. The van der Waals surface area contributed by atoms with Crippen molar-refractivity contribution in [1.29, 1.82) is 0 Å². The number of hydrogen-bond donors (Lipinski definition) is 0. The van der Waals surface area contributed by atoms with Gasteiger partial charge in [0.05, 0.1) is 5.92 Å². The molecule has 0 radical (unpaired) electrons. The van der Waals surface area contributed by atoms with Gasteiger partial charge in [-0.1, -0.05) is 6.07 Å². The van der Waals surface area contributed by atoms with Crippen LogP contribution in [0.2, 0.25) is 0 Å². The highest BCUT2D eigenvalue weighted by Crippen LogP contribution is 2.33. The fourth-order valence-electron chi connectivity index (χ4n) is 3.57. The van der Waals surface area contributed by atoms with Crippen LogP contribution in [0, 0.1) is 5.92 Å². The molecule has 8 nitrogen and oxygen atoms in total. The predicted octanol–water partition coefficient (Wildman–Crippen LogP) is 3.12. The molecule has 2 aliphatic rings. The van der Waals surface area contributed by atoms with Gasteiger partial charge in [0, 0.05) is 32.7 Å². The van der Waals surface area contributed by atoms with Crippen LogP contribution < -0.4 is 9.47 Å². The number of nitrogens with zero attached hydrogens (tertiary/aromatic N) is 1. The number of carbonyl (C=O) groups is 2. The Morgan fingerprint density at radius 1 is 1.14 bits per heavy atom. The zero-order valence-electron chi connectivity index (χ0n) is 17.2. The van der Waals surface area contributed by atoms with Crippen LogP contribution in [0.1, 0.15) is 39.2 Å². The van der Waals surface area contributed by atoms with Crippen LogP contribution in [0.5, 0.6) is 11.5 Å². The normalized spacial score (nSPS) is 18.0. The van der Waals surface area contributed by atoms with Gasteiger partial charge in [-0.3, -0.25) is 4.79 Å². The van der Waals surface area contributed by atoms with Crippen molar-refractivity contribution in [1.82, 2.24) is 4.90 Å². The Morgan fingerprint density at radius 2 is 1.86 bits per heavy atom. The second-order valence-electron chi connectivity index (χ2n) is 7.30. The molecule has 1 saturated heterocycles. The lowest BCUT2D eigenvalue weighted by atomic mass is 10.0. The third-order valence-electron chi connectivity index (χ3n) is 5.18. The second kappa shape index (κ2) is 9.82. The van der Waals surface area contributed by atoms with Gasteiger partial charge in [-0.25, -0.2) is 4.79 Å². The molecule has 1 unspecified atom stereocenters. The van der Waals surface area contributed by atoms with Gasteiger partial charge in [0.1, 0.15) is 0 Å². The van der Waals surface area contributed by atoms with Gasteiger partial charge in [0.15, 0.2) is 11.5 Å². The summed E-state index contributed by atoms with van der Waals surface area (Å²) in [5.41, 5.74) is 1.03. The number of ether oxygens (including phenoxy) is 5. The maximum Gasteiger partial charge on any atom is 0.413 e. The molecule has 0 aromatic heterocycles. The summed E-state index contributed by atoms with van der Waals surface area (Å²) in [5.74, 6) is 0.907. The molecule has 2 heterocycles. The summed E-state index contributed by atoms with van der Waals surface area (Å²) < 4.78 is 26.7.